The van der Waals surface area contributed by atoms with Gasteiger partial charge in [0.25, 0.3) is 0 Å². The number of hydrogen-bond donors (Lipinski definition) is 2. The van der Waals surface area contributed by atoms with Crippen LogP contribution in [0.1, 0.15) is 54.9 Å². The molecule has 5 heteroatoms. The van der Waals surface area contributed by atoms with E-state index in [1.54, 1.807) is 12.1 Å². The normalized spacial score (nSPS) is 11.6. The number of carbonyl (C=O) groups is 3. The largest absolute Gasteiger partial charge is 0.366 e. The van der Waals surface area contributed by atoms with Crippen LogP contribution in [0.4, 0.5) is 0 Å². The maximum atomic E-state index is 12.9. The van der Waals surface area contributed by atoms with Gasteiger partial charge in [0.05, 0.1) is 6.54 Å². The summed E-state index contributed by atoms with van der Waals surface area (Å²) in [5.41, 5.74) is 8.33. The quantitative estimate of drug-likeness (QED) is 0.712. The van der Waals surface area contributed by atoms with E-state index in [0.29, 0.717) is 17.5 Å². The van der Waals surface area contributed by atoms with Crippen LogP contribution in [0.5, 0.6) is 0 Å². The van der Waals surface area contributed by atoms with Crippen molar-refractivity contribution in [2.24, 2.45) is 5.73 Å². The van der Waals surface area contributed by atoms with Gasteiger partial charge in [-0.3, -0.25) is 14.4 Å². The van der Waals surface area contributed by atoms with Crippen LogP contribution < -0.4 is 11.1 Å². The first-order valence-corrected chi connectivity index (χ1v) is 9.21. The number of carbonyl (C=O) groups excluding carboxylic acids is 3. The van der Waals surface area contributed by atoms with E-state index in [9.17, 15) is 14.4 Å². The predicted molar refractivity (Wildman–Crippen MR) is 106 cm³/mol. The molecule has 0 saturated carbocycles. The van der Waals surface area contributed by atoms with E-state index >= 15 is 0 Å². The second-order valence-electron chi connectivity index (χ2n) is 6.57. The van der Waals surface area contributed by atoms with Crippen LogP contribution in [0.3, 0.4) is 0 Å². The molecule has 0 aliphatic rings. The fraction of sp³-hybridized carbons (Fsp3) is 0.318. The zero-order valence-corrected chi connectivity index (χ0v) is 15.8. The summed E-state index contributed by atoms with van der Waals surface area (Å²) in [5.74, 6) is -1.25. The van der Waals surface area contributed by atoms with Crippen molar-refractivity contribution in [1.82, 2.24) is 5.32 Å². The maximum Gasteiger partial charge on any atom is 0.249 e. The molecule has 2 amide bonds. The molecule has 27 heavy (non-hydrogen) atoms. The van der Waals surface area contributed by atoms with Crippen molar-refractivity contribution < 1.29 is 14.4 Å². The van der Waals surface area contributed by atoms with Crippen LogP contribution in [-0.4, -0.2) is 24.1 Å². The fourth-order valence-corrected chi connectivity index (χ4v) is 3.23. The summed E-state index contributed by atoms with van der Waals surface area (Å²) < 4.78 is 0. The van der Waals surface area contributed by atoms with Crippen molar-refractivity contribution in [2.45, 2.75) is 39.0 Å². The number of Topliss-reactive ketones (excluding diaryl/α,β-unsaturated/α-hetero) is 1. The van der Waals surface area contributed by atoms with Gasteiger partial charge in [0, 0.05) is 18.4 Å². The molecule has 5 nitrogen and oxygen atoms in total. The first-order valence-electron chi connectivity index (χ1n) is 9.21. The van der Waals surface area contributed by atoms with Crippen LogP contribution >= 0.6 is 0 Å². The number of benzene rings is 2. The van der Waals surface area contributed by atoms with Gasteiger partial charge in [-0.1, -0.05) is 62.2 Å². The van der Waals surface area contributed by atoms with Crippen LogP contribution in [-0.2, 0) is 9.59 Å². The standard InChI is InChI=1S/C22H26N2O3/c1-3-4-11-17(20(26)14-24-15(2)25)18-12-8-13-19(22(23)27)21(18)16-9-6-5-7-10-16/h5-10,12-13,17H,3-4,11,14H2,1-2H3,(H2,23,27)(H,24,25). The van der Waals surface area contributed by atoms with Crippen molar-refractivity contribution in [1.29, 1.82) is 0 Å². The van der Waals surface area contributed by atoms with Crippen molar-refractivity contribution in [3.8, 4) is 11.1 Å². The average molecular weight is 366 g/mol. The zero-order valence-electron chi connectivity index (χ0n) is 15.8. The lowest BCUT2D eigenvalue weighted by atomic mass is 9.82. The number of unbranched alkanes of at least 4 members (excludes halogenated alkanes) is 1. The summed E-state index contributed by atoms with van der Waals surface area (Å²) in [6.07, 6.45) is 2.46. The molecule has 0 saturated heterocycles. The van der Waals surface area contributed by atoms with Gasteiger partial charge in [0.15, 0.2) is 5.78 Å². The zero-order chi connectivity index (χ0) is 19.8. The van der Waals surface area contributed by atoms with Crippen molar-refractivity contribution in [2.75, 3.05) is 6.54 Å². The van der Waals surface area contributed by atoms with Crippen LogP contribution in [0.15, 0.2) is 48.5 Å². The minimum Gasteiger partial charge on any atom is -0.366 e. The number of nitrogens with one attached hydrogen (secondary N) is 1. The number of nitrogens with two attached hydrogens (primary N) is 1. The molecule has 3 N–H and O–H groups in total. The molecule has 0 spiro atoms. The Morgan fingerprint density at radius 3 is 2.33 bits per heavy atom. The molecule has 0 aliphatic carbocycles. The molecule has 2 aromatic rings. The molecule has 1 unspecified atom stereocenters. The summed E-state index contributed by atoms with van der Waals surface area (Å²) in [6, 6.07) is 14.8. The van der Waals surface area contributed by atoms with Crippen LogP contribution in [0.2, 0.25) is 0 Å². The fourth-order valence-electron chi connectivity index (χ4n) is 3.23. The smallest absolute Gasteiger partial charge is 0.249 e. The lowest BCUT2D eigenvalue weighted by Gasteiger charge is -2.21. The molecule has 0 radical (unpaired) electrons. The summed E-state index contributed by atoms with van der Waals surface area (Å²) in [7, 11) is 0. The second kappa shape index (κ2) is 9.67. The van der Waals surface area contributed by atoms with Gasteiger partial charge in [0.2, 0.25) is 11.8 Å². The maximum absolute atomic E-state index is 12.9. The average Bonchev–Trinajstić information content (AvgIpc) is 2.67. The van der Waals surface area contributed by atoms with E-state index in [-0.39, 0.29) is 18.2 Å². The SMILES string of the molecule is CCCCC(C(=O)CNC(C)=O)c1cccc(C(N)=O)c1-c1ccccc1. The summed E-state index contributed by atoms with van der Waals surface area (Å²) in [5, 5.41) is 2.59. The Bertz CT molecular complexity index is 816. The van der Waals surface area contributed by atoms with Gasteiger partial charge in [-0.05, 0) is 29.2 Å². The van der Waals surface area contributed by atoms with E-state index < -0.39 is 11.8 Å². The second-order valence-corrected chi connectivity index (χ2v) is 6.57. The molecule has 0 fully saturated rings. The number of hydrogen-bond acceptors (Lipinski definition) is 3. The molecular formula is C22H26N2O3. The highest BCUT2D eigenvalue weighted by molar-refractivity contribution is 6.02. The van der Waals surface area contributed by atoms with E-state index in [0.717, 1.165) is 24.0 Å². The topological polar surface area (TPSA) is 89.3 Å². The highest BCUT2D eigenvalue weighted by atomic mass is 16.2. The molecular weight excluding hydrogens is 340 g/mol. The Labute approximate surface area is 160 Å². The van der Waals surface area contributed by atoms with Crippen molar-refractivity contribution >= 4 is 17.6 Å². The Morgan fingerprint density at radius 2 is 1.74 bits per heavy atom. The molecule has 0 aromatic heterocycles. The Balaban J connectivity index is 2.57. The van der Waals surface area contributed by atoms with E-state index in [1.807, 2.05) is 36.4 Å². The third-order valence-electron chi connectivity index (χ3n) is 4.55. The number of primary amides is 1. The number of amides is 2. The first kappa shape index (κ1) is 20.4. The predicted octanol–water partition coefficient (Wildman–Crippen LogP) is 3.43. The van der Waals surface area contributed by atoms with E-state index in [2.05, 4.69) is 12.2 Å². The van der Waals surface area contributed by atoms with Crippen molar-refractivity contribution in [3.05, 3.63) is 59.7 Å². The molecule has 1 atom stereocenters. The van der Waals surface area contributed by atoms with E-state index in [1.165, 1.54) is 6.92 Å². The van der Waals surface area contributed by atoms with Gasteiger partial charge < -0.3 is 11.1 Å². The molecule has 2 rings (SSSR count). The lowest BCUT2D eigenvalue weighted by Crippen LogP contribution is -2.31. The summed E-state index contributed by atoms with van der Waals surface area (Å²) in [4.78, 5) is 36.2. The lowest BCUT2D eigenvalue weighted by molar-refractivity contribution is -0.124. The van der Waals surface area contributed by atoms with Crippen LogP contribution in [0, 0.1) is 0 Å². The minimum absolute atomic E-state index is 0.0290. The molecule has 0 heterocycles. The van der Waals surface area contributed by atoms with Crippen LogP contribution in [0.25, 0.3) is 11.1 Å². The molecule has 0 aliphatic heterocycles. The Morgan fingerprint density at radius 1 is 1.04 bits per heavy atom. The Kier molecular flexibility index (Phi) is 7.29. The summed E-state index contributed by atoms with van der Waals surface area (Å²) in [6.45, 7) is 3.42. The molecule has 142 valence electrons. The van der Waals surface area contributed by atoms with Gasteiger partial charge in [0.1, 0.15) is 0 Å². The highest BCUT2D eigenvalue weighted by Crippen LogP contribution is 2.35. The number of ketones is 1. The molecule has 0 bridgehead atoms. The first-order chi connectivity index (χ1) is 13.0. The highest BCUT2D eigenvalue weighted by Gasteiger charge is 2.25. The van der Waals surface area contributed by atoms with Gasteiger partial charge in [-0.25, -0.2) is 0 Å². The third kappa shape index (κ3) is 5.26. The van der Waals surface area contributed by atoms with E-state index in [4.69, 9.17) is 5.73 Å². The third-order valence-corrected chi connectivity index (χ3v) is 4.55. The minimum atomic E-state index is -0.528. The van der Waals surface area contributed by atoms with Gasteiger partial charge in [-0.15, -0.1) is 0 Å². The monoisotopic (exact) mass is 366 g/mol. The van der Waals surface area contributed by atoms with Crippen molar-refractivity contribution in [3.63, 3.8) is 0 Å². The summed E-state index contributed by atoms with van der Waals surface area (Å²) >= 11 is 0. The van der Waals surface area contributed by atoms with Gasteiger partial charge in [-0.2, -0.15) is 0 Å². The number of rotatable bonds is 9. The Hall–Kier alpha value is -2.95. The molecule has 2 aromatic carbocycles. The van der Waals surface area contributed by atoms with Gasteiger partial charge >= 0.3 is 0 Å².